The van der Waals surface area contributed by atoms with Gasteiger partial charge in [-0.1, -0.05) is 36.8 Å². The van der Waals surface area contributed by atoms with Crippen LogP contribution in [0.25, 0.3) is 0 Å². The van der Waals surface area contributed by atoms with Crippen LogP contribution >= 0.6 is 0 Å². The first-order chi connectivity index (χ1) is 12.7. The van der Waals surface area contributed by atoms with E-state index in [1.165, 1.54) is 12.7 Å². The molecule has 0 radical (unpaired) electrons. The highest BCUT2D eigenvalue weighted by Gasteiger charge is 2.25. The average Bonchev–Trinajstić information content (AvgIpc) is 3.11. The highest BCUT2D eigenvalue weighted by atomic mass is 16.5. The summed E-state index contributed by atoms with van der Waals surface area (Å²) in [6.07, 6.45) is 5.39. The van der Waals surface area contributed by atoms with E-state index in [0.717, 1.165) is 37.7 Å². The Morgan fingerprint density at radius 2 is 1.96 bits per heavy atom. The fourth-order valence-electron chi connectivity index (χ4n) is 3.32. The molecule has 0 unspecified atom stereocenters. The molecule has 0 saturated carbocycles. The summed E-state index contributed by atoms with van der Waals surface area (Å²) < 4.78 is 10.2. The predicted molar refractivity (Wildman–Crippen MR) is 97.8 cm³/mol. The van der Waals surface area contributed by atoms with Gasteiger partial charge in [-0.05, 0) is 42.9 Å². The van der Waals surface area contributed by atoms with Crippen molar-refractivity contribution in [3.63, 3.8) is 0 Å². The number of furan rings is 1. The minimum absolute atomic E-state index is 0.159. The van der Waals surface area contributed by atoms with Gasteiger partial charge in [0.15, 0.2) is 0 Å². The summed E-state index contributed by atoms with van der Waals surface area (Å²) in [7, 11) is 1.33. The highest BCUT2D eigenvalue weighted by Crippen LogP contribution is 2.24. The van der Waals surface area contributed by atoms with Crippen LogP contribution in [0.5, 0.6) is 0 Å². The van der Waals surface area contributed by atoms with Crippen LogP contribution < -0.4 is 0 Å². The lowest BCUT2D eigenvalue weighted by atomic mass is 10.0. The number of carbonyl (C=O) groups is 2. The van der Waals surface area contributed by atoms with E-state index in [1.807, 2.05) is 11.0 Å². The molecule has 0 saturated heterocycles. The molecule has 0 bridgehead atoms. The van der Waals surface area contributed by atoms with Crippen LogP contribution in [0.15, 0.2) is 40.8 Å². The minimum atomic E-state index is -0.476. The monoisotopic (exact) mass is 355 g/mol. The Morgan fingerprint density at radius 1 is 1.15 bits per heavy atom. The third-order valence-electron chi connectivity index (χ3n) is 4.82. The van der Waals surface area contributed by atoms with Crippen molar-refractivity contribution in [3.8, 4) is 0 Å². The van der Waals surface area contributed by atoms with Gasteiger partial charge in [0.2, 0.25) is 11.7 Å². The molecule has 2 heterocycles. The summed E-state index contributed by atoms with van der Waals surface area (Å²) >= 11 is 0. The van der Waals surface area contributed by atoms with Crippen molar-refractivity contribution >= 4 is 11.9 Å². The minimum Gasteiger partial charge on any atom is -0.463 e. The van der Waals surface area contributed by atoms with E-state index >= 15 is 0 Å². The van der Waals surface area contributed by atoms with Gasteiger partial charge in [0.1, 0.15) is 5.76 Å². The first-order valence-electron chi connectivity index (χ1n) is 9.19. The van der Waals surface area contributed by atoms with Gasteiger partial charge in [0.05, 0.1) is 13.7 Å². The topological polar surface area (TPSA) is 59.8 Å². The van der Waals surface area contributed by atoms with Gasteiger partial charge in [-0.2, -0.15) is 0 Å². The summed E-state index contributed by atoms with van der Waals surface area (Å²) in [5.74, 6) is 0.601. The third-order valence-corrected chi connectivity index (χ3v) is 4.82. The summed E-state index contributed by atoms with van der Waals surface area (Å²) in [4.78, 5) is 25.8. The number of amides is 1. The molecule has 0 N–H and O–H groups in total. The van der Waals surface area contributed by atoms with Crippen LogP contribution in [0.1, 0.15) is 53.1 Å². The second kappa shape index (κ2) is 8.70. The maximum absolute atomic E-state index is 12.4. The first-order valence-corrected chi connectivity index (χ1v) is 9.19. The Morgan fingerprint density at radius 3 is 2.73 bits per heavy atom. The van der Waals surface area contributed by atoms with Gasteiger partial charge in [-0.3, -0.25) is 4.79 Å². The number of unbranched alkanes of at least 4 members (excludes halogenated alkanes) is 2. The number of hydrogen-bond donors (Lipinski definition) is 0. The molecular weight excluding hydrogens is 330 g/mol. The largest absolute Gasteiger partial charge is 0.463 e. The lowest BCUT2D eigenvalue weighted by Gasteiger charge is -2.26. The number of benzene rings is 1. The number of fused-ring (bicyclic) bond motifs is 1. The smallest absolute Gasteiger partial charge is 0.373 e. The Kier molecular flexibility index (Phi) is 6.10. The normalized spacial score (nSPS) is 13.3. The van der Waals surface area contributed by atoms with E-state index in [1.54, 1.807) is 6.07 Å². The predicted octanol–water partition coefficient (Wildman–Crippen LogP) is 3.75. The number of carbonyl (C=O) groups excluding carboxylic acids is 2. The average molecular weight is 355 g/mol. The standard InChI is InChI=1S/C21H25NO4/c1-25-21(24)18-14-17-12-13-22(15-19(17)26-18)20(23)11-7-3-6-10-16-8-4-2-5-9-16/h2,4-5,8-9,14H,3,6-7,10-13,15H2,1H3. The van der Waals surface area contributed by atoms with Crippen molar-refractivity contribution in [2.24, 2.45) is 0 Å². The molecule has 0 atom stereocenters. The fourth-order valence-corrected chi connectivity index (χ4v) is 3.32. The molecular formula is C21H25NO4. The molecule has 26 heavy (non-hydrogen) atoms. The second-order valence-corrected chi connectivity index (χ2v) is 6.66. The SMILES string of the molecule is COC(=O)c1cc2c(o1)CN(C(=O)CCCCCc1ccccc1)CC2. The van der Waals surface area contributed by atoms with E-state index in [2.05, 4.69) is 29.0 Å². The van der Waals surface area contributed by atoms with E-state index in [-0.39, 0.29) is 11.7 Å². The summed E-state index contributed by atoms with van der Waals surface area (Å²) in [5.41, 5.74) is 2.35. The van der Waals surface area contributed by atoms with Crippen LogP contribution in [0.2, 0.25) is 0 Å². The molecule has 0 aliphatic carbocycles. The van der Waals surface area contributed by atoms with Crippen molar-refractivity contribution in [2.75, 3.05) is 13.7 Å². The van der Waals surface area contributed by atoms with Gasteiger partial charge in [0, 0.05) is 13.0 Å². The molecule has 1 aliphatic heterocycles. The number of aryl methyl sites for hydroxylation is 1. The van der Waals surface area contributed by atoms with Crippen LogP contribution in [-0.2, 0) is 28.9 Å². The maximum atomic E-state index is 12.4. The number of nitrogens with zero attached hydrogens (tertiary/aromatic N) is 1. The molecule has 1 amide bonds. The van der Waals surface area contributed by atoms with Gasteiger partial charge in [-0.15, -0.1) is 0 Å². The third kappa shape index (κ3) is 4.54. The van der Waals surface area contributed by atoms with Gasteiger partial charge in [0.25, 0.3) is 0 Å². The number of methoxy groups -OCH3 is 1. The van der Waals surface area contributed by atoms with Crippen molar-refractivity contribution in [1.82, 2.24) is 4.90 Å². The molecule has 1 aliphatic rings. The van der Waals surface area contributed by atoms with Gasteiger partial charge in [-0.25, -0.2) is 4.79 Å². The number of ether oxygens (including phenoxy) is 1. The molecule has 1 aromatic carbocycles. The molecule has 0 fully saturated rings. The van der Waals surface area contributed by atoms with E-state index in [0.29, 0.717) is 25.3 Å². The molecule has 5 nitrogen and oxygen atoms in total. The summed E-state index contributed by atoms with van der Waals surface area (Å²) in [6, 6.07) is 12.2. The van der Waals surface area contributed by atoms with E-state index in [9.17, 15) is 9.59 Å². The number of hydrogen-bond acceptors (Lipinski definition) is 4. The van der Waals surface area contributed by atoms with E-state index in [4.69, 9.17) is 4.42 Å². The highest BCUT2D eigenvalue weighted by molar-refractivity contribution is 5.86. The Labute approximate surface area is 153 Å². The molecule has 1 aromatic heterocycles. The molecule has 3 rings (SSSR count). The molecule has 0 spiro atoms. The van der Waals surface area contributed by atoms with E-state index < -0.39 is 5.97 Å². The van der Waals surface area contributed by atoms with Gasteiger partial charge >= 0.3 is 5.97 Å². The van der Waals surface area contributed by atoms with Crippen LogP contribution in [0.3, 0.4) is 0 Å². The number of esters is 1. The fraction of sp³-hybridized carbons (Fsp3) is 0.429. The first kappa shape index (κ1) is 18.2. The summed E-state index contributed by atoms with van der Waals surface area (Å²) in [5, 5.41) is 0. The van der Waals surface area contributed by atoms with Crippen LogP contribution in [0.4, 0.5) is 0 Å². The summed E-state index contributed by atoms with van der Waals surface area (Å²) in [6.45, 7) is 1.12. The zero-order chi connectivity index (χ0) is 18.4. The lowest BCUT2D eigenvalue weighted by molar-refractivity contribution is -0.132. The second-order valence-electron chi connectivity index (χ2n) is 6.66. The Hall–Kier alpha value is -2.56. The van der Waals surface area contributed by atoms with Crippen LogP contribution in [-0.4, -0.2) is 30.4 Å². The number of rotatable bonds is 7. The van der Waals surface area contributed by atoms with Gasteiger partial charge < -0.3 is 14.1 Å². The zero-order valence-electron chi connectivity index (χ0n) is 15.2. The van der Waals surface area contributed by atoms with Crippen molar-refractivity contribution in [1.29, 1.82) is 0 Å². The molecule has 5 heteroatoms. The Bertz CT molecular complexity index is 751. The van der Waals surface area contributed by atoms with Crippen molar-refractivity contribution in [2.45, 2.75) is 45.1 Å². The van der Waals surface area contributed by atoms with Crippen molar-refractivity contribution in [3.05, 3.63) is 59.0 Å². The molecule has 138 valence electrons. The van der Waals surface area contributed by atoms with Crippen LogP contribution in [0, 0.1) is 0 Å². The quantitative estimate of drug-likeness (QED) is 0.560. The lowest BCUT2D eigenvalue weighted by Crippen LogP contribution is -2.35. The maximum Gasteiger partial charge on any atom is 0.373 e. The zero-order valence-corrected chi connectivity index (χ0v) is 15.2. The Balaban J connectivity index is 1.41. The van der Waals surface area contributed by atoms with Crippen molar-refractivity contribution < 1.29 is 18.7 Å². The molecule has 2 aromatic rings.